The van der Waals surface area contributed by atoms with E-state index >= 15 is 0 Å². The summed E-state index contributed by atoms with van der Waals surface area (Å²) in [7, 11) is 1.55. The Bertz CT molecular complexity index is 1910. The zero-order valence-electron chi connectivity index (χ0n) is 26.9. The van der Waals surface area contributed by atoms with Crippen LogP contribution in [0.25, 0.3) is 10.8 Å². The average Bonchev–Trinajstić information content (AvgIpc) is 3.18. The van der Waals surface area contributed by atoms with Crippen molar-refractivity contribution in [3.05, 3.63) is 100 Å². The molecule has 0 aliphatic carbocycles. The molecule has 5 rings (SSSR count). The monoisotopic (exact) mass is 714 g/mol. The van der Waals surface area contributed by atoms with Crippen LogP contribution in [-0.4, -0.2) is 71.9 Å². The third kappa shape index (κ3) is 6.75. The Hall–Kier alpha value is -5.23. The highest BCUT2D eigenvalue weighted by Gasteiger charge is 2.39. The first-order valence-corrected chi connectivity index (χ1v) is 16.1. The standard InChI is InChI=1S/C36H35BrN4O7/c1-5-39(36(46)47)21(2)33(43)38-29-20-41(34(44)24-12-10-23(11-13-24)22(3)42)31-9-7-6-8-30(31)40(35(29)45)19-28-27-16-15-26(37)18-25(27)14-17-32(28)48-4/h6-18,21,29H,5,19-20H2,1-4H3,(H,38,43)(H,46,47)/t21-,29-/m0/s1. The number of carbonyl (C=O) groups is 5. The molecule has 0 saturated heterocycles. The highest BCUT2D eigenvalue weighted by atomic mass is 79.9. The van der Waals surface area contributed by atoms with E-state index in [-0.39, 0.29) is 31.0 Å². The number of anilines is 2. The smallest absolute Gasteiger partial charge is 0.407 e. The molecule has 2 N–H and O–H groups in total. The molecule has 48 heavy (non-hydrogen) atoms. The maximum Gasteiger partial charge on any atom is 0.407 e. The molecule has 1 aliphatic rings. The second-order valence-electron chi connectivity index (χ2n) is 11.4. The van der Waals surface area contributed by atoms with Crippen molar-refractivity contribution >= 4 is 67.7 Å². The number of amides is 4. The molecule has 0 saturated carbocycles. The van der Waals surface area contributed by atoms with Crippen LogP contribution in [-0.2, 0) is 16.1 Å². The number of halogens is 1. The van der Waals surface area contributed by atoms with Gasteiger partial charge in [0.1, 0.15) is 17.8 Å². The van der Waals surface area contributed by atoms with Crippen molar-refractivity contribution in [1.29, 1.82) is 0 Å². The number of rotatable bonds is 9. The number of ketones is 1. The van der Waals surface area contributed by atoms with Gasteiger partial charge in [0.15, 0.2) is 5.78 Å². The summed E-state index contributed by atoms with van der Waals surface area (Å²) >= 11 is 3.52. The molecule has 0 radical (unpaired) electrons. The van der Waals surface area contributed by atoms with E-state index in [0.717, 1.165) is 20.1 Å². The zero-order valence-corrected chi connectivity index (χ0v) is 28.5. The first kappa shape index (κ1) is 34.1. The minimum Gasteiger partial charge on any atom is -0.496 e. The highest BCUT2D eigenvalue weighted by molar-refractivity contribution is 9.10. The Morgan fingerprint density at radius 2 is 1.67 bits per heavy atom. The molecular weight excluding hydrogens is 680 g/mol. The molecule has 0 spiro atoms. The Balaban J connectivity index is 1.63. The number of carbonyl (C=O) groups excluding carboxylic acids is 4. The van der Waals surface area contributed by atoms with E-state index in [0.29, 0.717) is 28.3 Å². The van der Waals surface area contributed by atoms with Crippen molar-refractivity contribution in [3.63, 3.8) is 0 Å². The van der Waals surface area contributed by atoms with E-state index in [1.54, 1.807) is 62.6 Å². The number of Topliss-reactive ketones (excluding diaryl/α,β-unsaturated/α-hetero) is 1. The van der Waals surface area contributed by atoms with Gasteiger partial charge >= 0.3 is 6.09 Å². The topological polar surface area (TPSA) is 137 Å². The van der Waals surface area contributed by atoms with Gasteiger partial charge in [-0.1, -0.05) is 52.3 Å². The number of ether oxygens (including phenoxy) is 1. The summed E-state index contributed by atoms with van der Waals surface area (Å²) < 4.78 is 6.62. The van der Waals surface area contributed by atoms with Gasteiger partial charge in [0.25, 0.3) is 11.8 Å². The fourth-order valence-electron chi connectivity index (χ4n) is 5.92. The summed E-state index contributed by atoms with van der Waals surface area (Å²) in [5.74, 6) is -1.24. The molecule has 4 aromatic carbocycles. The van der Waals surface area contributed by atoms with Crippen LogP contribution in [0.2, 0.25) is 0 Å². The Morgan fingerprint density at radius 1 is 1.00 bits per heavy atom. The van der Waals surface area contributed by atoms with E-state index in [9.17, 15) is 29.1 Å². The van der Waals surface area contributed by atoms with Gasteiger partial charge in [-0.2, -0.15) is 0 Å². The average molecular weight is 716 g/mol. The summed E-state index contributed by atoms with van der Waals surface area (Å²) in [6, 6.07) is 20.4. The van der Waals surface area contributed by atoms with E-state index in [4.69, 9.17) is 4.74 Å². The molecule has 1 aliphatic heterocycles. The number of benzene rings is 4. The lowest BCUT2D eigenvalue weighted by Crippen LogP contribution is -2.57. The van der Waals surface area contributed by atoms with Crippen molar-refractivity contribution in [2.45, 2.75) is 39.4 Å². The van der Waals surface area contributed by atoms with E-state index in [1.165, 1.54) is 23.6 Å². The molecule has 0 unspecified atom stereocenters. The second kappa shape index (κ2) is 14.3. The maximum atomic E-state index is 14.6. The van der Waals surface area contributed by atoms with Crippen LogP contribution in [0.4, 0.5) is 16.2 Å². The summed E-state index contributed by atoms with van der Waals surface area (Å²) in [6.07, 6.45) is -1.28. The molecular formula is C36H35BrN4O7. The van der Waals surface area contributed by atoms with Crippen LogP contribution in [0.3, 0.4) is 0 Å². The number of methoxy groups -OCH3 is 1. The largest absolute Gasteiger partial charge is 0.496 e. The minimum absolute atomic E-state index is 0.0332. The quantitative estimate of drug-likeness (QED) is 0.207. The second-order valence-corrected chi connectivity index (χ2v) is 12.3. The Morgan fingerprint density at radius 3 is 2.29 bits per heavy atom. The van der Waals surface area contributed by atoms with Gasteiger partial charge in [-0.15, -0.1) is 0 Å². The molecule has 12 heteroatoms. The minimum atomic E-state index is -1.28. The third-order valence-electron chi connectivity index (χ3n) is 8.51. The Kier molecular flexibility index (Phi) is 10.1. The van der Waals surface area contributed by atoms with Crippen molar-refractivity contribution in [2.75, 3.05) is 30.0 Å². The van der Waals surface area contributed by atoms with Crippen molar-refractivity contribution in [1.82, 2.24) is 10.2 Å². The van der Waals surface area contributed by atoms with Gasteiger partial charge in [-0.3, -0.25) is 24.1 Å². The van der Waals surface area contributed by atoms with Crippen LogP contribution >= 0.6 is 15.9 Å². The van der Waals surface area contributed by atoms with Crippen LogP contribution in [0.15, 0.2) is 83.3 Å². The lowest BCUT2D eigenvalue weighted by molar-refractivity contribution is -0.130. The normalized spacial score (nSPS) is 14.9. The van der Waals surface area contributed by atoms with Gasteiger partial charge in [-0.25, -0.2) is 4.79 Å². The van der Waals surface area contributed by atoms with Crippen LogP contribution in [0.5, 0.6) is 5.75 Å². The SMILES string of the molecule is CCN(C(=O)O)[C@@H](C)C(=O)N[C@H]1CN(C(=O)c2ccc(C(C)=O)cc2)c2ccccc2N(Cc2c(OC)ccc3cc(Br)ccc23)C1=O. The number of nitrogens with one attached hydrogen (secondary N) is 1. The van der Waals surface area contributed by atoms with Gasteiger partial charge in [0, 0.05) is 27.7 Å². The lowest BCUT2D eigenvalue weighted by atomic mass is 10.0. The number of hydrogen-bond donors (Lipinski definition) is 2. The van der Waals surface area contributed by atoms with Crippen molar-refractivity contribution in [2.24, 2.45) is 0 Å². The molecule has 0 bridgehead atoms. The molecule has 248 valence electrons. The van der Waals surface area contributed by atoms with E-state index in [2.05, 4.69) is 21.2 Å². The molecule has 2 atom stereocenters. The first-order chi connectivity index (χ1) is 22.9. The molecule has 11 nitrogen and oxygen atoms in total. The maximum absolute atomic E-state index is 14.6. The summed E-state index contributed by atoms with van der Waals surface area (Å²) in [6.45, 7) is 4.34. The summed E-state index contributed by atoms with van der Waals surface area (Å²) in [5, 5.41) is 14.2. The Labute approximate surface area is 286 Å². The molecule has 4 amide bonds. The van der Waals surface area contributed by atoms with E-state index in [1.807, 2.05) is 30.3 Å². The van der Waals surface area contributed by atoms with E-state index < -0.39 is 35.9 Å². The fourth-order valence-corrected chi connectivity index (χ4v) is 6.30. The molecule has 4 aromatic rings. The van der Waals surface area contributed by atoms with Gasteiger partial charge in [-0.05, 0) is 74.0 Å². The predicted molar refractivity (Wildman–Crippen MR) is 186 cm³/mol. The number of para-hydroxylation sites is 2. The van der Waals surface area contributed by atoms with Crippen LogP contribution in [0, 0.1) is 0 Å². The summed E-state index contributed by atoms with van der Waals surface area (Å²) in [4.78, 5) is 69.9. The number of fused-ring (bicyclic) bond motifs is 2. The van der Waals surface area contributed by atoms with Crippen molar-refractivity contribution in [3.8, 4) is 5.75 Å². The van der Waals surface area contributed by atoms with Gasteiger partial charge < -0.3 is 25.0 Å². The third-order valence-corrected chi connectivity index (χ3v) is 9.01. The number of hydrogen-bond acceptors (Lipinski definition) is 6. The molecule has 0 fully saturated rings. The van der Waals surface area contributed by atoms with Crippen LogP contribution in [0.1, 0.15) is 47.1 Å². The predicted octanol–water partition coefficient (Wildman–Crippen LogP) is 5.88. The molecule has 0 aromatic heterocycles. The number of likely N-dealkylation sites (N-methyl/N-ethyl adjacent to an activating group) is 1. The van der Waals surface area contributed by atoms with Crippen LogP contribution < -0.4 is 19.9 Å². The highest BCUT2D eigenvalue weighted by Crippen LogP contribution is 2.38. The molecule has 1 heterocycles. The summed E-state index contributed by atoms with van der Waals surface area (Å²) in [5.41, 5.74) is 2.29. The number of carboxylic acid groups (broad SMARTS) is 1. The van der Waals surface area contributed by atoms with Gasteiger partial charge in [0.2, 0.25) is 5.91 Å². The number of nitrogens with zero attached hydrogens (tertiary/aromatic N) is 3. The van der Waals surface area contributed by atoms with Crippen molar-refractivity contribution < 1.29 is 33.8 Å². The van der Waals surface area contributed by atoms with Gasteiger partial charge in [0.05, 0.1) is 31.6 Å². The zero-order chi connectivity index (χ0) is 34.7. The first-order valence-electron chi connectivity index (χ1n) is 15.3. The lowest BCUT2D eigenvalue weighted by Gasteiger charge is -2.29. The fraction of sp³-hybridized carbons (Fsp3) is 0.250.